The number of aromatic carboxylic acids is 1. The number of aliphatic hydroxyl groups is 1. The second-order valence-corrected chi connectivity index (χ2v) is 24.7. The number of benzene rings is 3. The zero-order chi connectivity index (χ0) is 57.8. The van der Waals surface area contributed by atoms with Crippen molar-refractivity contribution >= 4 is 108 Å². The summed E-state index contributed by atoms with van der Waals surface area (Å²) >= 11 is 13.2. The number of amides is 2. The fraction of sp³-hybridized carbons (Fsp3) is 0.270. The minimum Gasteiger partial charge on any atom is -0.504 e. The van der Waals surface area contributed by atoms with Gasteiger partial charge in [-0.2, -0.15) is 25.3 Å². The molecule has 2 bridgehead atoms. The first kappa shape index (κ1) is 59.8. The summed E-state index contributed by atoms with van der Waals surface area (Å²) in [4.78, 5) is 67.9. The maximum Gasteiger partial charge on any atom is 0.337 e. The summed E-state index contributed by atoms with van der Waals surface area (Å²) in [6.45, 7) is -2.16. The highest BCUT2D eigenvalue weighted by Gasteiger charge is 2.42. The van der Waals surface area contributed by atoms with Gasteiger partial charge in [-0.1, -0.05) is 23.2 Å². The van der Waals surface area contributed by atoms with Gasteiger partial charge in [0.15, 0.2) is 38.5 Å². The lowest BCUT2D eigenvalue weighted by Gasteiger charge is -2.28. The highest BCUT2D eigenvalue weighted by molar-refractivity contribution is 7.90. The molecule has 6 rings (SSSR count). The van der Waals surface area contributed by atoms with Gasteiger partial charge >= 0.3 is 11.9 Å². The van der Waals surface area contributed by atoms with Crippen LogP contribution in [0.25, 0.3) is 33.4 Å². The Morgan fingerprint density at radius 2 is 1.38 bits per heavy atom. The van der Waals surface area contributed by atoms with Gasteiger partial charge in [0, 0.05) is 47.3 Å². The van der Waals surface area contributed by atoms with E-state index in [4.69, 9.17) is 32.5 Å². The topological polar surface area (TPSA) is 505 Å². The van der Waals surface area contributed by atoms with E-state index in [0.717, 1.165) is 12.1 Å². The first-order valence-corrected chi connectivity index (χ1v) is 29.0. The molecule has 1 aromatic heterocycles. The van der Waals surface area contributed by atoms with E-state index >= 15 is 8.78 Å². The summed E-state index contributed by atoms with van der Waals surface area (Å²) in [5, 5.41) is 55.0. The van der Waals surface area contributed by atoms with Gasteiger partial charge in [0.1, 0.15) is 24.1 Å². The molecule has 4 unspecified atom stereocenters. The van der Waals surface area contributed by atoms with E-state index in [1.165, 1.54) is 4.72 Å². The predicted octanol–water partition coefficient (Wildman–Crippen LogP) is -2.56. The number of aliphatic hydroxyl groups excluding tert-OH is 1. The molecule has 2 aromatic carbocycles. The number of nitrogens with one attached hydrogen (secondary N) is 5. The molecule has 0 saturated carbocycles. The number of sulfonamides is 2. The molecule has 3 aliphatic rings. The Morgan fingerprint density at radius 3 is 1.95 bits per heavy atom. The van der Waals surface area contributed by atoms with Crippen molar-refractivity contribution in [2.24, 2.45) is 0 Å². The van der Waals surface area contributed by atoms with Crippen molar-refractivity contribution in [2.75, 3.05) is 30.3 Å². The summed E-state index contributed by atoms with van der Waals surface area (Å²) in [6.07, 6.45) is -4.27. The molecule has 0 radical (unpaired) electrons. The van der Waals surface area contributed by atoms with Gasteiger partial charge in [0.2, 0.25) is 49.0 Å². The number of phenols is 1. The lowest BCUT2D eigenvalue weighted by atomic mass is 9.88. The van der Waals surface area contributed by atoms with Gasteiger partial charge in [-0.15, -0.1) is 4.73 Å². The third-order valence-electron chi connectivity index (χ3n) is 10.5. The Morgan fingerprint density at radius 1 is 0.792 bits per heavy atom. The quantitative estimate of drug-likeness (QED) is 0.0478. The second-order valence-electron chi connectivity index (χ2n) is 16.0. The summed E-state index contributed by atoms with van der Waals surface area (Å²) in [7, 11) is -28.5. The molecule has 77 heavy (non-hydrogen) atoms. The van der Waals surface area contributed by atoms with Crippen LogP contribution in [-0.4, -0.2) is 164 Å². The van der Waals surface area contributed by atoms with E-state index in [-0.39, 0.29) is 16.9 Å². The van der Waals surface area contributed by atoms with Crippen LogP contribution in [0.1, 0.15) is 15.9 Å². The van der Waals surface area contributed by atoms with Gasteiger partial charge in [-0.05, 0) is 23.8 Å². The molecule has 31 nitrogen and oxygen atoms in total. The molecular weight excluding hydrogens is 1200 g/mol. The molecular formula is C37H34Cl2F2N6O25S5. The van der Waals surface area contributed by atoms with Crippen LogP contribution in [0.4, 0.5) is 8.78 Å². The number of carbonyl (C=O) groups excluding carboxylic acids is 3. The average Bonchev–Trinajstić information content (AvgIpc) is 3.58. The van der Waals surface area contributed by atoms with Crippen molar-refractivity contribution in [1.82, 2.24) is 30.1 Å². The van der Waals surface area contributed by atoms with E-state index in [2.05, 4.69) is 0 Å². The van der Waals surface area contributed by atoms with Crippen molar-refractivity contribution in [3.63, 3.8) is 0 Å². The Hall–Kier alpha value is -6.40. The van der Waals surface area contributed by atoms with E-state index in [0.29, 0.717) is 6.07 Å². The van der Waals surface area contributed by atoms with Crippen LogP contribution in [0.5, 0.6) is 17.5 Å². The molecule has 0 fully saturated rings. The SMILES string of the molecule is O=C(Cc1cc(Cl)c(C(=O)O)c(-c2c3cc(F)c(=O)c4c-3oc3c(c(O)c(F)cc23)S(=O)(=O)NCCNC(=O)C(CS(=O)(=O)O)NC(=O)C(CS(=O)(=O)O)NC(O)C(CS(=O)(=O)O)NS4(=O)=O)c1Cl)On1c(O)ccc1O. The number of carboxylic acid groups (broad SMARTS) is 1. The van der Waals surface area contributed by atoms with Gasteiger partial charge < -0.3 is 45.4 Å². The van der Waals surface area contributed by atoms with Crippen LogP contribution < -0.4 is 35.7 Å². The molecule has 1 aliphatic carbocycles. The monoisotopic (exact) mass is 1230 g/mol. The number of nitrogens with zero attached hydrogens (tertiary/aromatic N) is 1. The zero-order valence-electron chi connectivity index (χ0n) is 37.5. The average molecular weight is 1230 g/mol. The highest BCUT2D eigenvalue weighted by Crippen LogP contribution is 2.50. The normalized spacial score (nSPS) is 19.9. The molecule has 4 atom stereocenters. The third kappa shape index (κ3) is 13.3. The van der Waals surface area contributed by atoms with E-state index in [9.17, 15) is 105 Å². The summed E-state index contributed by atoms with van der Waals surface area (Å²) < 4.78 is 201. The molecule has 13 N–H and O–H groups in total. The molecule has 3 heterocycles. The van der Waals surface area contributed by atoms with Crippen molar-refractivity contribution in [1.29, 1.82) is 0 Å². The van der Waals surface area contributed by atoms with Crippen molar-refractivity contribution < 1.29 is 118 Å². The second kappa shape index (κ2) is 21.8. The smallest absolute Gasteiger partial charge is 0.337 e. The minimum atomic E-state index is -6.30. The van der Waals surface area contributed by atoms with E-state index in [1.807, 2.05) is 5.32 Å². The Labute approximate surface area is 439 Å². The summed E-state index contributed by atoms with van der Waals surface area (Å²) in [6, 6.07) is -5.64. The number of aromatic hydroxyl groups is 3. The van der Waals surface area contributed by atoms with Crippen LogP contribution in [0.15, 0.2) is 49.3 Å². The van der Waals surface area contributed by atoms with Crippen LogP contribution >= 0.6 is 23.2 Å². The summed E-state index contributed by atoms with van der Waals surface area (Å²) in [5.41, 5.74) is -9.31. The largest absolute Gasteiger partial charge is 0.504 e. The number of hydrogen-bond donors (Lipinski definition) is 13. The molecule has 0 spiro atoms. The van der Waals surface area contributed by atoms with Crippen LogP contribution in [-0.2, 0) is 71.2 Å². The van der Waals surface area contributed by atoms with Gasteiger partial charge in [0.25, 0.3) is 30.4 Å². The Kier molecular flexibility index (Phi) is 16.9. The fourth-order valence-corrected chi connectivity index (χ4v) is 12.9. The highest BCUT2D eigenvalue weighted by atomic mass is 35.5. The van der Waals surface area contributed by atoms with E-state index < -0.39 is 234 Å². The van der Waals surface area contributed by atoms with Crippen molar-refractivity contribution in [3.8, 4) is 40.0 Å². The molecule has 0 saturated heterocycles. The lowest BCUT2D eigenvalue weighted by Crippen LogP contribution is -2.62. The number of hydrogen-bond acceptors (Lipinski definition) is 22. The number of carboxylic acids is 1. The molecule has 420 valence electrons. The van der Waals surface area contributed by atoms with Crippen molar-refractivity contribution in [2.45, 2.75) is 40.6 Å². The molecule has 2 aliphatic heterocycles. The maximum absolute atomic E-state index is 16.3. The summed E-state index contributed by atoms with van der Waals surface area (Å²) in [5.74, 6) is -22.5. The van der Waals surface area contributed by atoms with Crippen molar-refractivity contribution in [3.05, 3.63) is 73.4 Å². The number of phenolic OH excluding ortho intramolecular Hbond substituents is 1. The first-order chi connectivity index (χ1) is 35.3. The zero-order valence-corrected chi connectivity index (χ0v) is 43.1. The van der Waals surface area contributed by atoms with Crippen LogP contribution in [0.3, 0.4) is 0 Å². The molecule has 40 heteroatoms. The number of halogens is 4. The lowest BCUT2D eigenvalue weighted by molar-refractivity contribution is -0.144. The standard InChI is InChI=1S/C37H34Cl2F2N6O25S5/c38-15-5-12(6-23(50)72-47-21(48)1-2-22(47)49)27(39)26(25(15)37(56)57)24-13-7-16(40)28(51)32-30(13)71-31-14(24)8-17(41)29(52)33(31)77(69,70)46-20(11-75(64,65)66)36(55)45-19(10-74(61,62)63)35(54)44-18(9-73(58,59)60)34(53)42-3-4-43-76(32,67)68/h1-2,5,7-8,18-20,36,43,45-46,48-49,51,55H,3-4,6,9-11H2,(H,42,53)(H,44,54)(H,56,57)(H,58,59,60)(H,61,62,63)(H,64,65,66). The van der Waals surface area contributed by atoms with Gasteiger partial charge in [0.05, 0.1) is 39.6 Å². The number of aromatic nitrogens is 1. The predicted molar refractivity (Wildman–Crippen MR) is 253 cm³/mol. The maximum atomic E-state index is 16.3. The van der Waals surface area contributed by atoms with Gasteiger partial charge in [-0.3, -0.25) is 33.4 Å². The number of rotatable bonds is 11. The van der Waals surface area contributed by atoms with Crippen LogP contribution in [0, 0.1) is 11.6 Å². The minimum absolute atomic E-state index is 0.0710. The molecule has 2 amide bonds. The van der Waals surface area contributed by atoms with E-state index in [1.54, 1.807) is 15.4 Å². The Bertz CT molecular complexity index is 3920. The number of carbonyl (C=O) groups is 4. The fourth-order valence-electron chi connectivity index (χ4n) is 7.45. The first-order valence-electron chi connectivity index (χ1n) is 20.4. The molecule has 3 aromatic rings. The van der Waals surface area contributed by atoms with Gasteiger partial charge in [-0.25, -0.2) is 44.6 Å². The third-order valence-corrected chi connectivity index (χ3v) is 16.6. The Balaban J connectivity index is 1.75. The van der Waals surface area contributed by atoms with Crippen LogP contribution in [0.2, 0.25) is 10.0 Å².